The van der Waals surface area contributed by atoms with E-state index < -0.39 is 12.2 Å². The number of aromatic nitrogens is 2. The maximum atomic E-state index is 12.3. The van der Waals surface area contributed by atoms with Gasteiger partial charge in [0, 0.05) is 20.5 Å². The lowest BCUT2D eigenvalue weighted by Gasteiger charge is -2.29. The summed E-state index contributed by atoms with van der Waals surface area (Å²) >= 11 is 0. The molecule has 1 amide bonds. The highest BCUT2D eigenvalue weighted by atomic mass is 16.5. The van der Waals surface area contributed by atoms with E-state index >= 15 is 0 Å². The Morgan fingerprint density at radius 2 is 2.14 bits per heavy atom. The molecule has 1 saturated heterocycles. The first-order valence-corrected chi connectivity index (χ1v) is 6.95. The van der Waals surface area contributed by atoms with Crippen LogP contribution in [0, 0.1) is 0 Å². The topological polar surface area (TPSA) is 82.1 Å². The highest BCUT2D eigenvalue weighted by Crippen LogP contribution is 2.34. The van der Waals surface area contributed by atoms with Gasteiger partial charge in [-0.05, 0) is 0 Å². The SMILES string of the molecule is CN1CN(C)c2c([n+](C)cn2[C@H]2C[C@H](O)[C@@H](CO)O2)C1=O. The summed E-state index contributed by atoms with van der Waals surface area (Å²) in [5, 5.41) is 19.1. The van der Waals surface area contributed by atoms with E-state index in [1.807, 2.05) is 23.6 Å². The number of ether oxygens (including phenoxy) is 1. The summed E-state index contributed by atoms with van der Waals surface area (Å²) in [6.07, 6.45) is 0.534. The van der Waals surface area contributed by atoms with Crippen LogP contribution in [0.25, 0.3) is 0 Å². The number of imidazole rings is 1. The molecule has 116 valence electrons. The Labute approximate surface area is 122 Å². The van der Waals surface area contributed by atoms with E-state index in [2.05, 4.69) is 0 Å². The third kappa shape index (κ3) is 2.10. The normalized spacial score (nSPS) is 29.2. The molecule has 0 aromatic carbocycles. The fourth-order valence-corrected chi connectivity index (χ4v) is 3.09. The number of aryl methyl sites for hydroxylation is 1. The van der Waals surface area contributed by atoms with Gasteiger partial charge in [-0.2, -0.15) is 4.57 Å². The van der Waals surface area contributed by atoms with Gasteiger partial charge in [-0.1, -0.05) is 0 Å². The fraction of sp³-hybridized carbons (Fsp3) is 0.692. The first kappa shape index (κ1) is 14.3. The van der Waals surface area contributed by atoms with Crippen LogP contribution in [0.15, 0.2) is 6.33 Å². The van der Waals surface area contributed by atoms with E-state index in [1.54, 1.807) is 22.8 Å². The molecule has 3 atom stereocenters. The van der Waals surface area contributed by atoms with Gasteiger partial charge >= 0.3 is 5.91 Å². The molecule has 0 saturated carbocycles. The van der Waals surface area contributed by atoms with Crippen LogP contribution < -0.4 is 9.47 Å². The van der Waals surface area contributed by atoms with Crippen LogP contribution in [0.3, 0.4) is 0 Å². The van der Waals surface area contributed by atoms with Crippen molar-refractivity contribution >= 4 is 11.7 Å². The van der Waals surface area contributed by atoms with Gasteiger partial charge in [0.1, 0.15) is 6.10 Å². The summed E-state index contributed by atoms with van der Waals surface area (Å²) in [6.45, 7) is 0.277. The van der Waals surface area contributed by atoms with E-state index in [0.717, 1.165) is 5.82 Å². The second-order valence-electron chi connectivity index (χ2n) is 5.76. The molecule has 1 aromatic heterocycles. The molecule has 1 fully saturated rings. The zero-order valence-electron chi connectivity index (χ0n) is 12.4. The average Bonchev–Trinajstić information content (AvgIpc) is 2.97. The zero-order chi connectivity index (χ0) is 15.3. The van der Waals surface area contributed by atoms with Crippen molar-refractivity contribution in [3.05, 3.63) is 12.0 Å². The van der Waals surface area contributed by atoms with Crippen molar-refractivity contribution < 1.29 is 24.3 Å². The van der Waals surface area contributed by atoms with Gasteiger partial charge in [0.05, 0.1) is 26.4 Å². The number of carbonyl (C=O) groups is 1. The number of aliphatic hydroxyl groups excluding tert-OH is 2. The minimum atomic E-state index is -0.698. The Kier molecular flexibility index (Phi) is 3.39. The maximum Gasteiger partial charge on any atom is 0.301 e. The van der Waals surface area contributed by atoms with E-state index in [4.69, 9.17) is 4.74 Å². The zero-order valence-corrected chi connectivity index (χ0v) is 12.4. The molecule has 0 radical (unpaired) electrons. The summed E-state index contributed by atoms with van der Waals surface area (Å²) in [7, 11) is 5.49. The van der Waals surface area contributed by atoms with Crippen LogP contribution in [-0.2, 0) is 11.8 Å². The third-order valence-electron chi connectivity index (χ3n) is 4.14. The van der Waals surface area contributed by atoms with E-state index in [0.29, 0.717) is 18.8 Å². The fourth-order valence-electron chi connectivity index (χ4n) is 3.09. The van der Waals surface area contributed by atoms with Crippen LogP contribution in [0.2, 0.25) is 0 Å². The second kappa shape index (κ2) is 4.97. The molecule has 0 unspecified atom stereocenters. The number of fused-ring (bicyclic) bond motifs is 1. The van der Waals surface area contributed by atoms with Gasteiger partial charge in [-0.3, -0.25) is 4.79 Å². The minimum Gasteiger partial charge on any atom is -0.394 e. The van der Waals surface area contributed by atoms with E-state index in [1.165, 1.54) is 0 Å². The lowest BCUT2D eigenvalue weighted by atomic mass is 10.2. The molecule has 21 heavy (non-hydrogen) atoms. The van der Waals surface area contributed by atoms with Gasteiger partial charge in [0.15, 0.2) is 0 Å². The van der Waals surface area contributed by atoms with Crippen molar-refractivity contribution in [2.45, 2.75) is 24.9 Å². The Hall–Kier alpha value is -1.64. The molecule has 0 aliphatic carbocycles. The number of carbonyl (C=O) groups excluding carboxylic acids is 1. The second-order valence-corrected chi connectivity index (χ2v) is 5.76. The molecule has 2 aliphatic heterocycles. The van der Waals surface area contributed by atoms with E-state index in [9.17, 15) is 15.0 Å². The molecular weight excluding hydrogens is 276 g/mol. The molecule has 3 rings (SSSR count). The van der Waals surface area contributed by atoms with Crippen molar-refractivity contribution in [2.75, 3.05) is 32.3 Å². The Bertz CT molecular complexity index is 573. The summed E-state index contributed by atoms with van der Waals surface area (Å²) < 4.78 is 9.33. The van der Waals surface area contributed by atoms with Gasteiger partial charge in [-0.15, -0.1) is 0 Å². The first-order chi connectivity index (χ1) is 9.93. The largest absolute Gasteiger partial charge is 0.394 e. The molecule has 8 nitrogen and oxygen atoms in total. The minimum absolute atomic E-state index is 0.0402. The van der Waals surface area contributed by atoms with Crippen molar-refractivity contribution in [3.63, 3.8) is 0 Å². The third-order valence-corrected chi connectivity index (χ3v) is 4.14. The van der Waals surface area contributed by atoms with Gasteiger partial charge in [0.2, 0.25) is 12.6 Å². The first-order valence-electron chi connectivity index (χ1n) is 6.95. The number of nitrogens with zero attached hydrogens (tertiary/aromatic N) is 4. The van der Waals surface area contributed by atoms with Crippen molar-refractivity contribution in [3.8, 4) is 0 Å². The molecular formula is C13H21N4O4+. The van der Waals surface area contributed by atoms with Crippen molar-refractivity contribution in [1.29, 1.82) is 0 Å². The van der Waals surface area contributed by atoms with Crippen LogP contribution >= 0.6 is 0 Å². The maximum absolute atomic E-state index is 12.3. The lowest BCUT2D eigenvalue weighted by molar-refractivity contribution is -0.673. The summed E-state index contributed by atoms with van der Waals surface area (Å²) in [4.78, 5) is 15.9. The predicted octanol–water partition coefficient (Wildman–Crippen LogP) is -1.57. The molecule has 8 heteroatoms. The average molecular weight is 297 g/mol. The van der Waals surface area contributed by atoms with Crippen LogP contribution in [-0.4, -0.2) is 65.2 Å². The van der Waals surface area contributed by atoms with Crippen LogP contribution in [0.5, 0.6) is 0 Å². The molecule has 3 heterocycles. The van der Waals surface area contributed by atoms with Gasteiger partial charge in [0.25, 0.3) is 11.5 Å². The number of anilines is 1. The number of aliphatic hydroxyl groups is 2. The Morgan fingerprint density at radius 3 is 2.76 bits per heavy atom. The van der Waals surface area contributed by atoms with E-state index in [-0.39, 0.29) is 18.7 Å². The van der Waals surface area contributed by atoms with Crippen molar-refractivity contribution in [2.24, 2.45) is 7.05 Å². The highest BCUT2D eigenvalue weighted by molar-refractivity contribution is 5.97. The molecule has 2 aliphatic rings. The number of rotatable bonds is 2. The van der Waals surface area contributed by atoms with Crippen LogP contribution in [0.1, 0.15) is 23.1 Å². The predicted molar refractivity (Wildman–Crippen MR) is 72.6 cm³/mol. The Morgan fingerprint density at radius 1 is 1.43 bits per heavy atom. The van der Waals surface area contributed by atoms with Gasteiger partial charge < -0.3 is 24.7 Å². The lowest BCUT2D eigenvalue weighted by Crippen LogP contribution is -2.48. The van der Waals surface area contributed by atoms with Gasteiger partial charge in [-0.25, -0.2) is 4.57 Å². The number of hydrogen-bond acceptors (Lipinski definition) is 5. The molecule has 2 N–H and O–H groups in total. The highest BCUT2D eigenvalue weighted by Gasteiger charge is 2.44. The van der Waals surface area contributed by atoms with Crippen molar-refractivity contribution in [1.82, 2.24) is 9.47 Å². The number of amides is 1. The quantitative estimate of drug-likeness (QED) is 0.645. The Balaban J connectivity index is 2.01. The molecule has 0 bridgehead atoms. The van der Waals surface area contributed by atoms with Crippen LogP contribution in [0.4, 0.5) is 5.82 Å². The number of hydrogen-bond donors (Lipinski definition) is 2. The summed E-state index contributed by atoms with van der Waals surface area (Å²) in [5.74, 6) is 0.734. The smallest absolute Gasteiger partial charge is 0.301 e. The molecule has 1 aromatic rings. The standard InChI is InChI=1S/C13H21N4O4/c1-14-7-17(10-4-8(19)9(5-18)21-10)12-11(14)13(20)16(3)6-15(12)2/h7-10,18-19H,4-6H2,1-3H3/q+1/t8-,9+,10+/m0/s1. The molecule has 0 spiro atoms. The summed E-state index contributed by atoms with van der Waals surface area (Å²) in [6, 6.07) is 0. The summed E-state index contributed by atoms with van der Waals surface area (Å²) in [5.41, 5.74) is 0.594. The monoisotopic (exact) mass is 297 g/mol.